The molecule has 6 heteroatoms. The molecule has 0 unspecified atom stereocenters. The summed E-state index contributed by atoms with van der Waals surface area (Å²) >= 11 is 1.47. The molecule has 0 atom stereocenters. The number of Topliss-reactive ketones (excluding diaryl/α,β-unsaturated/α-hetero) is 1. The highest BCUT2D eigenvalue weighted by atomic mass is 32.2. The first-order valence-electron chi connectivity index (χ1n) is 6.97. The Morgan fingerprint density at radius 2 is 2.20 bits per heavy atom. The molecule has 5 nitrogen and oxygen atoms in total. The van der Waals surface area contributed by atoms with E-state index in [9.17, 15) is 4.79 Å². The first-order chi connectivity index (χ1) is 9.83. The number of nitrogens with zero attached hydrogens (tertiary/aromatic N) is 3. The van der Waals surface area contributed by atoms with E-state index in [1.165, 1.54) is 43.7 Å². The Hall–Kier alpha value is -1.56. The van der Waals surface area contributed by atoms with Gasteiger partial charge in [0.05, 0.1) is 12.0 Å². The van der Waals surface area contributed by atoms with Crippen LogP contribution < -0.4 is 0 Å². The largest absolute Gasteiger partial charge is 0.461 e. The lowest BCUT2D eigenvalue weighted by molar-refractivity contribution is 0.0992. The molecular formula is C14H15N3O2S. The van der Waals surface area contributed by atoms with Crippen LogP contribution in [-0.2, 0) is 0 Å². The van der Waals surface area contributed by atoms with Crippen molar-refractivity contribution in [2.24, 2.45) is 0 Å². The summed E-state index contributed by atoms with van der Waals surface area (Å²) in [5.74, 6) is 2.48. The number of carbonyl (C=O) groups is 1. The van der Waals surface area contributed by atoms with E-state index >= 15 is 0 Å². The number of carbonyl (C=O) groups excluding carboxylic acids is 1. The fraction of sp³-hybridized carbons (Fsp3) is 0.500. The average molecular weight is 289 g/mol. The zero-order valence-corrected chi connectivity index (χ0v) is 11.8. The van der Waals surface area contributed by atoms with E-state index < -0.39 is 0 Å². The van der Waals surface area contributed by atoms with Gasteiger partial charge in [0.1, 0.15) is 5.82 Å². The molecule has 0 radical (unpaired) electrons. The van der Waals surface area contributed by atoms with E-state index in [2.05, 4.69) is 14.8 Å². The molecule has 0 aliphatic heterocycles. The highest BCUT2D eigenvalue weighted by Gasteiger charge is 2.36. The van der Waals surface area contributed by atoms with Crippen LogP contribution in [-0.4, -0.2) is 26.3 Å². The summed E-state index contributed by atoms with van der Waals surface area (Å²) in [5, 5.41) is 9.51. The molecule has 20 heavy (non-hydrogen) atoms. The van der Waals surface area contributed by atoms with Gasteiger partial charge in [0, 0.05) is 12.0 Å². The Kier molecular flexibility index (Phi) is 2.91. The third kappa shape index (κ3) is 2.28. The summed E-state index contributed by atoms with van der Waals surface area (Å²) in [5.41, 5.74) is 0. The standard InChI is InChI=1S/C14H15N3O2S/c18-11(12-2-1-7-19-12)8-20-14-16-15-13(9-3-4-9)17(14)10-5-6-10/h1-2,7,9-10H,3-6,8H2. The molecule has 2 aromatic rings. The van der Waals surface area contributed by atoms with Gasteiger partial charge in [-0.1, -0.05) is 11.8 Å². The van der Waals surface area contributed by atoms with Crippen LogP contribution in [0.1, 0.15) is 54.0 Å². The van der Waals surface area contributed by atoms with E-state index in [-0.39, 0.29) is 5.78 Å². The minimum atomic E-state index is -0.00156. The average Bonchev–Trinajstić information content (AvgIpc) is 3.39. The monoisotopic (exact) mass is 289 g/mol. The zero-order valence-electron chi connectivity index (χ0n) is 11.0. The van der Waals surface area contributed by atoms with E-state index in [4.69, 9.17) is 4.42 Å². The molecule has 2 aromatic heterocycles. The second-order valence-electron chi connectivity index (χ2n) is 5.41. The van der Waals surface area contributed by atoms with Crippen molar-refractivity contribution in [2.75, 3.05) is 5.75 Å². The summed E-state index contributed by atoms with van der Waals surface area (Å²) in [6.45, 7) is 0. The van der Waals surface area contributed by atoms with Crippen LogP contribution >= 0.6 is 11.8 Å². The van der Waals surface area contributed by atoms with E-state index in [1.807, 2.05) is 0 Å². The molecule has 4 rings (SSSR count). The molecule has 0 spiro atoms. The fourth-order valence-corrected chi connectivity index (χ4v) is 3.20. The van der Waals surface area contributed by atoms with Crippen molar-refractivity contribution in [1.29, 1.82) is 0 Å². The van der Waals surface area contributed by atoms with Gasteiger partial charge in [-0.3, -0.25) is 4.79 Å². The van der Waals surface area contributed by atoms with Crippen molar-refractivity contribution in [3.8, 4) is 0 Å². The number of furan rings is 1. The Labute approximate surface area is 120 Å². The summed E-state index contributed by atoms with van der Waals surface area (Å²) in [6, 6.07) is 3.99. The molecule has 0 N–H and O–H groups in total. The minimum Gasteiger partial charge on any atom is -0.461 e. The predicted molar refractivity (Wildman–Crippen MR) is 74.0 cm³/mol. The van der Waals surface area contributed by atoms with Crippen molar-refractivity contribution < 1.29 is 9.21 Å². The van der Waals surface area contributed by atoms with Crippen molar-refractivity contribution in [3.63, 3.8) is 0 Å². The van der Waals surface area contributed by atoms with Gasteiger partial charge in [0.25, 0.3) is 0 Å². The van der Waals surface area contributed by atoms with Gasteiger partial charge in [0.15, 0.2) is 10.9 Å². The van der Waals surface area contributed by atoms with Crippen LogP contribution in [0.2, 0.25) is 0 Å². The molecule has 2 saturated carbocycles. The minimum absolute atomic E-state index is 0.00156. The van der Waals surface area contributed by atoms with Crippen LogP contribution in [0.4, 0.5) is 0 Å². The highest BCUT2D eigenvalue weighted by Crippen LogP contribution is 2.45. The van der Waals surface area contributed by atoms with Crippen LogP contribution in [0.25, 0.3) is 0 Å². The Morgan fingerprint density at radius 1 is 1.35 bits per heavy atom. The quantitative estimate of drug-likeness (QED) is 0.604. The number of hydrogen-bond donors (Lipinski definition) is 0. The first-order valence-corrected chi connectivity index (χ1v) is 7.96. The maximum atomic E-state index is 12.0. The van der Waals surface area contributed by atoms with Crippen molar-refractivity contribution in [2.45, 2.75) is 42.8 Å². The van der Waals surface area contributed by atoms with Gasteiger partial charge < -0.3 is 8.98 Å². The van der Waals surface area contributed by atoms with E-state index in [0.717, 1.165) is 11.0 Å². The third-order valence-electron chi connectivity index (χ3n) is 3.67. The van der Waals surface area contributed by atoms with Gasteiger partial charge in [-0.25, -0.2) is 0 Å². The third-order valence-corrected chi connectivity index (χ3v) is 4.62. The molecule has 0 saturated heterocycles. The normalized spacial score (nSPS) is 18.4. The van der Waals surface area contributed by atoms with Crippen LogP contribution in [0.5, 0.6) is 0 Å². The van der Waals surface area contributed by atoms with Crippen molar-refractivity contribution in [3.05, 3.63) is 30.0 Å². The Bertz CT molecular complexity index is 627. The topological polar surface area (TPSA) is 60.9 Å². The molecule has 0 amide bonds. The molecule has 2 aliphatic carbocycles. The van der Waals surface area contributed by atoms with E-state index in [1.54, 1.807) is 12.1 Å². The highest BCUT2D eigenvalue weighted by molar-refractivity contribution is 7.99. The summed E-state index contributed by atoms with van der Waals surface area (Å²) in [7, 11) is 0. The molecule has 2 heterocycles. The molecule has 104 valence electrons. The van der Waals surface area contributed by atoms with Crippen molar-refractivity contribution >= 4 is 17.5 Å². The second-order valence-corrected chi connectivity index (χ2v) is 6.35. The molecule has 2 aliphatic rings. The maximum Gasteiger partial charge on any atom is 0.208 e. The molecular weight excluding hydrogens is 274 g/mol. The smallest absolute Gasteiger partial charge is 0.208 e. The molecule has 0 bridgehead atoms. The SMILES string of the molecule is O=C(CSc1nnc(C2CC2)n1C1CC1)c1ccco1. The molecule has 0 aromatic carbocycles. The van der Waals surface area contributed by atoms with Gasteiger partial charge in [-0.2, -0.15) is 0 Å². The lowest BCUT2D eigenvalue weighted by Gasteiger charge is -2.07. The molecule has 2 fully saturated rings. The number of rotatable bonds is 6. The maximum absolute atomic E-state index is 12.0. The Morgan fingerprint density at radius 3 is 2.85 bits per heavy atom. The summed E-state index contributed by atoms with van der Waals surface area (Å²) in [4.78, 5) is 12.0. The summed E-state index contributed by atoms with van der Waals surface area (Å²) in [6.07, 6.45) is 6.38. The van der Waals surface area contributed by atoms with Gasteiger partial charge in [0.2, 0.25) is 5.78 Å². The van der Waals surface area contributed by atoms with Crippen molar-refractivity contribution in [1.82, 2.24) is 14.8 Å². The van der Waals surface area contributed by atoms with Crippen LogP contribution in [0.15, 0.2) is 28.0 Å². The first kappa shape index (κ1) is 12.2. The number of aromatic nitrogens is 3. The van der Waals surface area contributed by atoms with Crippen LogP contribution in [0.3, 0.4) is 0 Å². The number of hydrogen-bond acceptors (Lipinski definition) is 5. The predicted octanol–water partition coefficient (Wildman–Crippen LogP) is 3.06. The second kappa shape index (κ2) is 4.77. The summed E-state index contributed by atoms with van der Waals surface area (Å²) < 4.78 is 7.38. The fourth-order valence-electron chi connectivity index (χ4n) is 2.32. The number of ketones is 1. The lowest BCUT2D eigenvalue weighted by atomic mass is 10.3. The Balaban J connectivity index is 1.50. The lowest BCUT2D eigenvalue weighted by Crippen LogP contribution is -2.05. The van der Waals surface area contributed by atoms with Gasteiger partial charge >= 0.3 is 0 Å². The number of thioether (sulfide) groups is 1. The van der Waals surface area contributed by atoms with E-state index in [0.29, 0.717) is 23.5 Å². The van der Waals surface area contributed by atoms with Gasteiger partial charge in [-0.05, 0) is 37.8 Å². The van der Waals surface area contributed by atoms with Crippen LogP contribution in [0, 0.1) is 0 Å². The zero-order chi connectivity index (χ0) is 13.5. The van der Waals surface area contributed by atoms with Gasteiger partial charge in [-0.15, -0.1) is 10.2 Å².